The van der Waals surface area contributed by atoms with Crippen molar-refractivity contribution in [3.8, 4) is 0 Å². The van der Waals surface area contributed by atoms with E-state index in [2.05, 4.69) is 13.8 Å². The van der Waals surface area contributed by atoms with Crippen molar-refractivity contribution >= 4 is 0 Å². The van der Waals surface area contributed by atoms with Gasteiger partial charge in [-0.05, 0) is 50.4 Å². The van der Waals surface area contributed by atoms with Gasteiger partial charge in [0.15, 0.2) is 0 Å². The summed E-state index contributed by atoms with van der Waals surface area (Å²) in [5, 5.41) is 10.9. The van der Waals surface area contributed by atoms with Gasteiger partial charge in [-0.25, -0.2) is 0 Å². The maximum atomic E-state index is 10.9. The first kappa shape index (κ1) is 13.4. The van der Waals surface area contributed by atoms with Crippen LogP contribution in [0.1, 0.15) is 78.1 Å². The molecular weight excluding hydrogens is 208 g/mol. The fourth-order valence-electron chi connectivity index (χ4n) is 4.18. The molecular formula is C16H30O. The van der Waals surface area contributed by atoms with Gasteiger partial charge in [0.1, 0.15) is 0 Å². The molecule has 1 heteroatoms. The van der Waals surface area contributed by atoms with Crippen LogP contribution in [0.3, 0.4) is 0 Å². The number of hydrogen-bond acceptors (Lipinski definition) is 1. The number of hydrogen-bond donors (Lipinski definition) is 1. The lowest BCUT2D eigenvalue weighted by atomic mass is 9.66. The summed E-state index contributed by atoms with van der Waals surface area (Å²) < 4.78 is 0. The van der Waals surface area contributed by atoms with Gasteiger partial charge in [-0.1, -0.05) is 45.4 Å². The van der Waals surface area contributed by atoms with Gasteiger partial charge >= 0.3 is 0 Å². The normalized spacial score (nSPS) is 35.5. The molecule has 100 valence electrons. The number of rotatable bonds is 3. The van der Waals surface area contributed by atoms with Gasteiger partial charge in [0.05, 0.1) is 5.60 Å². The van der Waals surface area contributed by atoms with Crippen LogP contribution in [0.4, 0.5) is 0 Å². The summed E-state index contributed by atoms with van der Waals surface area (Å²) >= 11 is 0. The lowest BCUT2D eigenvalue weighted by Gasteiger charge is -2.44. The van der Waals surface area contributed by atoms with Crippen molar-refractivity contribution in [2.24, 2.45) is 17.8 Å². The van der Waals surface area contributed by atoms with Crippen LogP contribution in [0.5, 0.6) is 0 Å². The van der Waals surface area contributed by atoms with Gasteiger partial charge in [0.25, 0.3) is 0 Å². The minimum absolute atomic E-state index is 0.376. The molecule has 0 bridgehead atoms. The molecule has 0 radical (unpaired) electrons. The Balaban J connectivity index is 1.91. The second-order valence-electron chi connectivity index (χ2n) is 6.69. The second-order valence-corrected chi connectivity index (χ2v) is 6.69. The topological polar surface area (TPSA) is 20.2 Å². The monoisotopic (exact) mass is 238 g/mol. The van der Waals surface area contributed by atoms with E-state index in [1.807, 2.05) is 0 Å². The fraction of sp³-hybridized carbons (Fsp3) is 1.00. The first-order valence-corrected chi connectivity index (χ1v) is 7.87. The Morgan fingerprint density at radius 3 is 1.94 bits per heavy atom. The van der Waals surface area contributed by atoms with Crippen LogP contribution < -0.4 is 0 Å². The molecule has 0 heterocycles. The predicted molar refractivity (Wildman–Crippen MR) is 72.9 cm³/mol. The van der Waals surface area contributed by atoms with Crippen molar-refractivity contribution in [1.29, 1.82) is 0 Å². The molecule has 2 fully saturated rings. The fourth-order valence-corrected chi connectivity index (χ4v) is 4.18. The molecule has 1 nitrogen and oxygen atoms in total. The van der Waals surface area contributed by atoms with Gasteiger partial charge in [-0.3, -0.25) is 0 Å². The van der Waals surface area contributed by atoms with E-state index in [1.165, 1.54) is 64.2 Å². The van der Waals surface area contributed by atoms with Crippen LogP contribution in [-0.2, 0) is 0 Å². The van der Waals surface area contributed by atoms with Crippen LogP contribution in [-0.4, -0.2) is 10.7 Å². The third-order valence-electron chi connectivity index (χ3n) is 5.68. The van der Waals surface area contributed by atoms with Gasteiger partial charge in [-0.15, -0.1) is 0 Å². The summed E-state index contributed by atoms with van der Waals surface area (Å²) in [6, 6.07) is 0. The first-order valence-electron chi connectivity index (χ1n) is 7.87. The minimum atomic E-state index is -0.376. The Labute approximate surface area is 107 Å². The molecule has 2 aliphatic rings. The highest BCUT2D eigenvalue weighted by molar-refractivity contribution is 4.92. The zero-order chi connectivity index (χ0) is 12.3. The molecule has 1 N–H and O–H groups in total. The average Bonchev–Trinajstić information content (AvgIpc) is 2.40. The Morgan fingerprint density at radius 2 is 1.41 bits per heavy atom. The Hall–Kier alpha value is -0.0400. The van der Waals surface area contributed by atoms with Crippen LogP contribution >= 0.6 is 0 Å². The van der Waals surface area contributed by atoms with Crippen molar-refractivity contribution < 1.29 is 5.11 Å². The molecule has 0 aromatic heterocycles. The first-order chi connectivity index (χ1) is 8.14. The Kier molecular flexibility index (Phi) is 4.52. The van der Waals surface area contributed by atoms with Gasteiger partial charge in [0.2, 0.25) is 0 Å². The van der Waals surface area contributed by atoms with Crippen molar-refractivity contribution in [3.05, 3.63) is 0 Å². The van der Waals surface area contributed by atoms with E-state index in [0.717, 1.165) is 5.92 Å². The third-order valence-corrected chi connectivity index (χ3v) is 5.68. The molecule has 2 aliphatic carbocycles. The summed E-state index contributed by atoms with van der Waals surface area (Å²) in [4.78, 5) is 0. The number of aliphatic hydroxyl groups is 1. The van der Waals surface area contributed by atoms with Crippen LogP contribution in [0, 0.1) is 17.8 Å². The van der Waals surface area contributed by atoms with Gasteiger partial charge in [-0.2, -0.15) is 0 Å². The van der Waals surface area contributed by atoms with E-state index in [9.17, 15) is 5.11 Å². The van der Waals surface area contributed by atoms with E-state index in [-0.39, 0.29) is 5.60 Å². The van der Waals surface area contributed by atoms with Crippen molar-refractivity contribution in [3.63, 3.8) is 0 Å². The molecule has 17 heavy (non-hydrogen) atoms. The summed E-state index contributed by atoms with van der Waals surface area (Å²) in [5.41, 5.74) is -0.376. The summed E-state index contributed by atoms with van der Waals surface area (Å²) in [7, 11) is 0. The molecule has 0 aromatic carbocycles. The molecule has 1 atom stereocenters. The Bertz CT molecular complexity index is 220. The summed E-state index contributed by atoms with van der Waals surface area (Å²) in [6.45, 7) is 4.45. The predicted octanol–water partition coefficient (Wildman–Crippen LogP) is 4.53. The van der Waals surface area contributed by atoms with Crippen LogP contribution in [0.15, 0.2) is 0 Å². The lowest BCUT2D eigenvalue weighted by molar-refractivity contribution is -0.0803. The quantitative estimate of drug-likeness (QED) is 0.765. The van der Waals surface area contributed by atoms with Crippen molar-refractivity contribution in [2.75, 3.05) is 0 Å². The van der Waals surface area contributed by atoms with Crippen molar-refractivity contribution in [2.45, 2.75) is 83.7 Å². The largest absolute Gasteiger partial charge is 0.390 e. The van der Waals surface area contributed by atoms with E-state index in [0.29, 0.717) is 11.8 Å². The molecule has 0 amide bonds. The highest BCUT2D eigenvalue weighted by Gasteiger charge is 2.40. The third kappa shape index (κ3) is 3.05. The minimum Gasteiger partial charge on any atom is -0.390 e. The standard InChI is InChI=1S/C16H30O/c1-3-13-9-11-15(12-10-13)16(2,17)14-7-5-4-6-8-14/h13-15,17H,3-12H2,1-2H3. The zero-order valence-corrected chi connectivity index (χ0v) is 11.8. The molecule has 0 aromatic rings. The molecule has 1 unspecified atom stereocenters. The highest BCUT2D eigenvalue weighted by atomic mass is 16.3. The van der Waals surface area contributed by atoms with Crippen molar-refractivity contribution in [1.82, 2.24) is 0 Å². The maximum absolute atomic E-state index is 10.9. The molecule has 0 aliphatic heterocycles. The molecule has 2 rings (SSSR count). The summed E-state index contributed by atoms with van der Waals surface area (Å²) in [5.74, 6) is 2.10. The second kappa shape index (κ2) is 5.73. The molecule has 0 saturated heterocycles. The van der Waals surface area contributed by atoms with E-state index in [1.54, 1.807) is 0 Å². The highest BCUT2D eigenvalue weighted by Crippen LogP contribution is 2.44. The van der Waals surface area contributed by atoms with Crippen LogP contribution in [0.25, 0.3) is 0 Å². The van der Waals surface area contributed by atoms with Gasteiger partial charge in [0, 0.05) is 0 Å². The van der Waals surface area contributed by atoms with E-state index >= 15 is 0 Å². The van der Waals surface area contributed by atoms with E-state index in [4.69, 9.17) is 0 Å². The summed E-state index contributed by atoms with van der Waals surface area (Å²) in [6.07, 6.45) is 13.2. The maximum Gasteiger partial charge on any atom is 0.0675 e. The average molecular weight is 238 g/mol. The SMILES string of the molecule is CCC1CCC(C(C)(O)C2CCCCC2)CC1. The Morgan fingerprint density at radius 1 is 0.882 bits per heavy atom. The zero-order valence-electron chi connectivity index (χ0n) is 11.8. The van der Waals surface area contributed by atoms with E-state index < -0.39 is 0 Å². The van der Waals surface area contributed by atoms with Crippen LogP contribution in [0.2, 0.25) is 0 Å². The molecule has 2 saturated carbocycles. The smallest absolute Gasteiger partial charge is 0.0675 e. The van der Waals surface area contributed by atoms with Gasteiger partial charge < -0.3 is 5.11 Å². The lowest BCUT2D eigenvalue weighted by Crippen LogP contribution is -2.44. The molecule has 0 spiro atoms.